The van der Waals surface area contributed by atoms with Crippen LogP contribution in [0.2, 0.25) is 0 Å². The zero-order valence-electron chi connectivity index (χ0n) is 29.7. The van der Waals surface area contributed by atoms with Crippen LogP contribution in [0.3, 0.4) is 0 Å². The van der Waals surface area contributed by atoms with Gasteiger partial charge in [-0.3, -0.25) is 4.79 Å². The molecule has 0 aromatic heterocycles. The molecule has 0 aliphatic heterocycles. The SMILES string of the molecule is CC/C=C\C/C=C\CCCCCCCCCCCCCCCCC(=O)NC(CO)C(O)C(O)CCC/C=C/CCCCCCC. The Bertz CT molecular complexity index is 704. The molecule has 5 heteroatoms. The van der Waals surface area contributed by atoms with Gasteiger partial charge in [0.25, 0.3) is 0 Å². The maximum atomic E-state index is 12.4. The number of carbonyl (C=O) groups is 1. The van der Waals surface area contributed by atoms with Crippen molar-refractivity contribution in [1.29, 1.82) is 0 Å². The maximum absolute atomic E-state index is 12.4. The van der Waals surface area contributed by atoms with Crippen molar-refractivity contribution in [2.45, 2.75) is 205 Å². The highest BCUT2D eigenvalue weighted by atomic mass is 16.3. The van der Waals surface area contributed by atoms with Gasteiger partial charge in [0.1, 0.15) is 6.10 Å². The molecule has 0 aromatic rings. The summed E-state index contributed by atoms with van der Waals surface area (Å²) in [4.78, 5) is 12.4. The van der Waals surface area contributed by atoms with Gasteiger partial charge in [-0.05, 0) is 64.2 Å². The van der Waals surface area contributed by atoms with E-state index in [4.69, 9.17) is 0 Å². The molecule has 0 aliphatic carbocycles. The van der Waals surface area contributed by atoms with Crippen LogP contribution in [0.25, 0.3) is 0 Å². The van der Waals surface area contributed by atoms with Crippen LogP contribution in [-0.4, -0.2) is 46.1 Å². The molecule has 3 atom stereocenters. The first-order valence-electron chi connectivity index (χ1n) is 19.3. The Morgan fingerprint density at radius 2 is 1.02 bits per heavy atom. The number of hydrogen-bond donors (Lipinski definition) is 4. The minimum Gasteiger partial charge on any atom is -0.394 e. The van der Waals surface area contributed by atoms with Crippen LogP contribution in [-0.2, 0) is 4.79 Å². The molecule has 0 saturated heterocycles. The van der Waals surface area contributed by atoms with E-state index in [1.807, 2.05) is 0 Å². The first-order chi connectivity index (χ1) is 22.1. The number of aliphatic hydroxyl groups excluding tert-OH is 3. The number of carbonyl (C=O) groups excluding carboxylic acids is 1. The minimum atomic E-state index is -1.16. The first-order valence-corrected chi connectivity index (χ1v) is 19.3. The van der Waals surface area contributed by atoms with Gasteiger partial charge in [0.15, 0.2) is 0 Å². The molecule has 0 spiro atoms. The molecule has 5 nitrogen and oxygen atoms in total. The van der Waals surface area contributed by atoms with Gasteiger partial charge in [-0.1, -0.05) is 153 Å². The van der Waals surface area contributed by atoms with Crippen molar-refractivity contribution in [3.05, 3.63) is 36.5 Å². The van der Waals surface area contributed by atoms with E-state index in [0.29, 0.717) is 12.8 Å². The number of allylic oxidation sites excluding steroid dienone is 6. The zero-order valence-corrected chi connectivity index (χ0v) is 29.7. The van der Waals surface area contributed by atoms with Gasteiger partial charge in [0.05, 0.1) is 18.8 Å². The van der Waals surface area contributed by atoms with Gasteiger partial charge in [-0.25, -0.2) is 0 Å². The number of nitrogens with one attached hydrogen (secondary N) is 1. The zero-order chi connectivity index (χ0) is 33.1. The average Bonchev–Trinajstić information content (AvgIpc) is 3.04. The van der Waals surface area contributed by atoms with Crippen LogP contribution in [0, 0.1) is 0 Å². The topological polar surface area (TPSA) is 89.8 Å². The number of rotatable bonds is 34. The number of unbranched alkanes of at least 4 members (excludes halogenated alkanes) is 20. The molecule has 0 rings (SSSR count). The highest BCUT2D eigenvalue weighted by Gasteiger charge is 2.26. The van der Waals surface area contributed by atoms with Crippen LogP contribution in [0.15, 0.2) is 36.5 Å². The van der Waals surface area contributed by atoms with Gasteiger partial charge >= 0.3 is 0 Å². The molecular formula is C40H75NO4. The van der Waals surface area contributed by atoms with Crippen molar-refractivity contribution in [3.8, 4) is 0 Å². The molecule has 0 aliphatic rings. The van der Waals surface area contributed by atoms with E-state index < -0.39 is 18.2 Å². The molecule has 0 bridgehead atoms. The Hall–Kier alpha value is -1.43. The van der Waals surface area contributed by atoms with Crippen LogP contribution in [0.1, 0.15) is 187 Å². The molecule has 0 aromatic carbocycles. The van der Waals surface area contributed by atoms with Crippen molar-refractivity contribution in [1.82, 2.24) is 5.32 Å². The van der Waals surface area contributed by atoms with Gasteiger partial charge in [-0.2, -0.15) is 0 Å². The number of hydrogen-bond acceptors (Lipinski definition) is 4. The largest absolute Gasteiger partial charge is 0.394 e. The Balaban J connectivity index is 3.63. The summed E-state index contributed by atoms with van der Waals surface area (Å²) in [5.41, 5.74) is 0. The van der Waals surface area contributed by atoms with Crippen molar-refractivity contribution < 1.29 is 20.1 Å². The summed E-state index contributed by atoms with van der Waals surface area (Å²) in [6, 6.07) is -0.823. The van der Waals surface area contributed by atoms with E-state index >= 15 is 0 Å². The summed E-state index contributed by atoms with van der Waals surface area (Å²) in [7, 11) is 0. The highest BCUT2D eigenvalue weighted by molar-refractivity contribution is 5.76. The Morgan fingerprint density at radius 1 is 0.578 bits per heavy atom. The summed E-state index contributed by atoms with van der Waals surface area (Å²) < 4.78 is 0. The summed E-state index contributed by atoms with van der Waals surface area (Å²) in [5, 5.41) is 33.3. The molecule has 0 heterocycles. The van der Waals surface area contributed by atoms with Crippen molar-refractivity contribution in [3.63, 3.8) is 0 Å². The van der Waals surface area contributed by atoms with Crippen molar-refractivity contribution in [2.24, 2.45) is 0 Å². The van der Waals surface area contributed by atoms with E-state index in [2.05, 4.69) is 55.6 Å². The molecule has 264 valence electrons. The second-order valence-corrected chi connectivity index (χ2v) is 13.1. The predicted octanol–water partition coefficient (Wildman–Crippen LogP) is 10.4. The van der Waals surface area contributed by atoms with E-state index in [-0.39, 0.29) is 12.5 Å². The Morgan fingerprint density at radius 3 is 1.53 bits per heavy atom. The summed E-state index contributed by atoms with van der Waals surface area (Å²) in [6.07, 6.45) is 42.5. The summed E-state index contributed by atoms with van der Waals surface area (Å²) in [5.74, 6) is -0.158. The third-order valence-corrected chi connectivity index (χ3v) is 8.73. The lowest BCUT2D eigenvalue weighted by Gasteiger charge is -2.26. The summed E-state index contributed by atoms with van der Waals surface area (Å²) >= 11 is 0. The lowest BCUT2D eigenvalue weighted by atomic mass is 10.0. The third kappa shape index (κ3) is 31.0. The second-order valence-electron chi connectivity index (χ2n) is 13.1. The summed E-state index contributed by atoms with van der Waals surface area (Å²) in [6.45, 7) is 4.02. The van der Waals surface area contributed by atoms with Crippen LogP contribution < -0.4 is 5.32 Å². The highest BCUT2D eigenvalue weighted by Crippen LogP contribution is 2.15. The van der Waals surface area contributed by atoms with Gasteiger partial charge < -0.3 is 20.6 Å². The van der Waals surface area contributed by atoms with E-state index in [1.54, 1.807) is 0 Å². The third-order valence-electron chi connectivity index (χ3n) is 8.73. The smallest absolute Gasteiger partial charge is 0.220 e. The number of amides is 1. The average molecular weight is 634 g/mol. The normalized spacial score (nSPS) is 14.2. The Labute approximate surface area is 279 Å². The molecule has 4 N–H and O–H groups in total. The van der Waals surface area contributed by atoms with Crippen molar-refractivity contribution in [2.75, 3.05) is 6.61 Å². The first kappa shape index (κ1) is 43.6. The number of aliphatic hydroxyl groups is 3. The van der Waals surface area contributed by atoms with Crippen LogP contribution >= 0.6 is 0 Å². The fourth-order valence-corrected chi connectivity index (χ4v) is 5.73. The van der Waals surface area contributed by atoms with Crippen LogP contribution in [0.4, 0.5) is 0 Å². The molecule has 0 radical (unpaired) electrons. The van der Waals surface area contributed by atoms with E-state index in [0.717, 1.165) is 51.4 Å². The van der Waals surface area contributed by atoms with E-state index in [9.17, 15) is 20.1 Å². The standard InChI is InChI=1S/C40H75NO4/c1-3-5-7-9-11-13-15-16-17-18-19-20-21-22-23-24-25-27-29-31-33-35-39(44)41-37(36-42)40(45)38(43)34-32-30-28-26-14-12-10-8-6-4-2/h5,7,11,13,26,28,37-38,40,42-43,45H,3-4,6,8-10,12,14-25,27,29-36H2,1-2H3,(H,41,44)/b7-5-,13-11-,28-26+. The monoisotopic (exact) mass is 634 g/mol. The fraction of sp³-hybridized carbons (Fsp3) is 0.825. The Kier molecular flexibility index (Phi) is 34.3. The van der Waals surface area contributed by atoms with Gasteiger partial charge in [0.2, 0.25) is 5.91 Å². The van der Waals surface area contributed by atoms with Crippen molar-refractivity contribution >= 4 is 5.91 Å². The molecular weight excluding hydrogens is 558 g/mol. The maximum Gasteiger partial charge on any atom is 0.220 e. The van der Waals surface area contributed by atoms with Gasteiger partial charge in [-0.15, -0.1) is 0 Å². The van der Waals surface area contributed by atoms with Gasteiger partial charge in [0, 0.05) is 6.42 Å². The quantitative estimate of drug-likeness (QED) is 0.0419. The predicted molar refractivity (Wildman–Crippen MR) is 194 cm³/mol. The molecule has 0 saturated carbocycles. The lowest BCUT2D eigenvalue weighted by molar-refractivity contribution is -0.124. The molecule has 3 unspecified atom stereocenters. The lowest BCUT2D eigenvalue weighted by Crippen LogP contribution is -2.50. The molecule has 0 fully saturated rings. The fourth-order valence-electron chi connectivity index (χ4n) is 5.73. The van der Waals surface area contributed by atoms with E-state index in [1.165, 1.54) is 109 Å². The van der Waals surface area contributed by atoms with Crippen LogP contribution in [0.5, 0.6) is 0 Å². The minimum absolute atomic E-state index is 0.158. The molecule has 45 heavy (non-hydrogen) atoms. The second kappa shape index (κ2) is 35.4. The molecule has 1 amide bonds.